The van der Waals surface area contributed by atoms with E-state index in [4.69, 9.17) is 4.98 Å². The van der Waals surface area contributed by atoms with Gasteiger partial charge in [-0.05, 0) is 87.5 Å². The zero-order valence-electron chi connectivity index (χ0n) is 39.2. The van der Waals surface area contributed by atoms with Crippen molar-refractivity contribution in [1.29, 1.82) is 0 Å². The van der Waals surface area contributed by atoms with Crippen LogP contribution in [0.25, 0.3) is 22.3 Å². The van der Waals surface area contributed by atoms with Gasteiger partial charge in [0.1, 0.15) is 5.82 Å². The van der Waals surface area contributed by atoms with Crippen molar-refractivity contribution in [1.82, 2.24) is 9.97 Å². The third kappa shape index (κ3) is 8.22. The van der Waals surface area contributed by atoms with Crippen molar-refractivity contribution in [3.63, 3.8) is 0 Å². The molecule has 0 bridgehead atoms. The molecule has 0 N–H and O–H groups in total. The molecule has 334 valence electrons. The number of hydrogen-bond donors (Lipinski definition) is 0. The van der Waals surface area contributed by atoms with Gasteiger partial charge < -0.3 is 19.6 Å². The van der Waals surface area contributed by atoms with Crippen LogP contribution in [0.1, 0.15) is 79.0 Å². The van der Waals surface area contributed by atoms with Crippen molar-refractivity contribution in [2.24, 2.45) is 0 Å². The second kappa shape index (κ2) is 17.1. The molecule has 0 aliphatic carbocycles. The molecular formula is C59H55N6Pt-3. The van der Waals surface area contributed by atoms with E-state index >= 15 is 0 Å². The molecule has 0 saturated carbocycles. The van der Waals surface area contributed by atoms with E-state index in [1.54, 1.807) is 0 Å². The first kappa shape index (κ1) is 44.7. The number of rotatable bonds is 6. The fourth-order valence-corrected chi connectivity index (χ4v) is 8.94. The number of para-hydroxylation sites is 3. The van der Waals surface area contributed by atoms with Crippen molar-refractivity contribution in [3.05, 3.63) is 200 Å². The number of pyridine rings is 2. The summed E-state index contributed by atoms with van der Waals surface area (Å²) in [5.41, 5.74) is 16.7. The summed E-state index contributed by atoms with van der Waals surface area (Å²) in [6.45, 7) is 22.6. The normalized spacial score (nSPS) is 13.3. The Morgan fingerprint density at radius 2 is 1.15 bits per heavy atom. The second-order valence-corrected chi connectivity index (χ2v) is 20.2. The Balaban J connectivity index is 0.00000548. The van der Waals surface area contributed by atoms with Gasteiger partial charge in [0.05, 0.1) is 5.69 Å². The van der Waals surface area contributed by atoms with Crippen LogP contribution in [0.3, 0.4) is 0 Å². The van der Waals surface area contributed by atoms with Gasteiger partial charge in [-0.3, -0.25) is 4.98 Å². The first-order valence-corrected chi connectivity index (χ1v) is 22.6. The Labute approximate surface area is 405 Å². The average molecular weight is 1040 g/mol. The summed E-state index contributed by atoms with van der Waals surface area (Å²) in [4.78, 5) is 18.9. The number of hydrogen-bond acceptors (Lipinski definition) is 6. The van der Waals surface area contributed by atoms with Gasteiger partial charge in [0, 0.05) is 68.0 Å². The molecule has 0 radical (unpaired) electrons. The van der Waals surface area contributed by atoms with Crippen LogP contribution in [0.4, 0.5) is 57.0 Å². The Morgan fingerprint density at radius 3 is 1.86 bits per heavy atom. The summed E-state index contributed by atoms with van der Waals surface area (Å²) in [5, 5.41) is 0. The fraction of sp³-hybridized carbons (Fsp3) is 0.203. The zero-order chi connectivity index (χ0) is 45.3. The Bertz CT molecular complexity index is 3070. The van der Waals surface area contributed by atoms with Gasteiger partial charge >= 0.3 is 0 Å². The number of aromatic nitrogens is 2. The van der Waals surface area contributed by atoms with Crippen LogP contribution < -0.4 is 19.6 Å². The molecule has 4 heterocycles. The number of anilines is 10. The van der Waals surface area contributed by atoms with Gasteiger partial charge in [-0.25, -0.2) is 4.98 Å². The van der Waals surface area contributed by atoms with Crippen LogP contribution in [-0.2, 0) is 37.3 Å². The van der Waals surface area contributed by atoms with Gasteiger partial charge in [-0.2, -0.15) is 6.07 Å². The molecule has 7 heteroatoms. The van der Waals surface area contributed by atoms with E-state index < -0.39 is 0 Å². The Morgan fingerprint density at radius 1 is 0.500 bits per heavy atom. The first-order chi connectivity index (χ1) is 31.1. The molecule has 0 amide bonds. The molecule has 2 aliphatic heterocycles. The van der Waals surface area contributed by atoms with Crippen LogP contribution in [-0.4, -0.2) is 9.97 Å². The van der Waals surface area contributed by atoms with Crippen molar-refractivity contribution >= 4 is 57.0 Å². The first-order valence-electron chi connectivity index (χ1n) is 22.6. The minimum atomic E-state index is -0.180. The van der Waals surface area contributed by atoms with Crippen LogP contribution in [0.15, 0.2) is 164 Å². The number of fused-ring (bicyclic) bond motifs is 6. The third-order valence-electron chi connectivity index (χ3n) is 12.6. The summed E-state index contributed by atoms with van der Waals surface area (Å²) < 4.78 is 0. The molecule has 6 aromatic carbocycles. The topological polar surface area (TPSA) is 38.7 Å². The smallest absolute Gasteiger partial charge is 0.135 e. The summed E-state index contributed by atoms with van der Waals surface area (Å²) in [7, 11) is 0. The Kier molecular flexibility index (Phi) is 11.6. The molecule has 10 rings (SSSR count). The van der Waals surface area contributed by atoms with Crippen LogP contribution >= 0.6 is 0 Å². The number of nitrogens with zero attached hydrogens (tertiary/aromatic N) is 6. The maximum atomic E-state index is 5.08. The summed E-state index contributed by atoms with van der Waals surface area (Å²) >= 11 is 0. The second-order valence-electron chi connectivity index (χ2n) is 20.2. The van der Waals surface area contributed by atoms with Crippen molar-refractivity contribution in [2.45, 2.75) is 78.6 Å². The van der Waals surface area contributed by atoms with Gasteiger partial charge in [0.25, 0.3) is 0 Å². The molecule has 66 heavy (non-hydrogen) atoms. The molecule has 2 aliphatic rings. The third-order valence-corrected chi connectivity index (χ3v) is 12.6. The Hall–Kier alpha value is -6.49. The predicted octanol–water partition coefficient (Wildman–Crippen LogP) is 16.0. The van der Waals surface area contributed by atoms with E-state index in [1.807, 2.05) is 18.6 Å². The van der Waals surface area contributed by atoms with Crippen molar-refractivity contribution in [2.75, 3.05) is 19.6 Å². The molecular weight excluding hydrogens is 988 g/mol. The van der Waals surface area contributed by atoms with E-state index in [2.05, 4.69) is 251 Å². The summed E-state index contributed by atoms with van der Waals surface area (Å²) in [5.74, 6) is 0.822. The SMILES string of the molecule is CC(C)(C)c1cc(N2[CH-]N(c3cccc(C(C)(C)C)c3)c3ccccc32)[c-]c(N(c2[c-]c3c(cc2)-c2ccccc2-c2cnccc2N3c2cc(C(C)(C)C)ccn2)c2ccccc2)c1.[Pt]. The van der Waals surface area contributed by atoms with E-state index in [9.17, 15) is 0 Å². The fourth-order valence-electron chi connectivity index (χ4n) is 8.94. The molecule has 0 spiro atoms. The van der Waals surface area contributed by atoms with Gasteiger partial charge in [0.2, 0.25) is 0 Å². The van der Waals surface area contributed by atoms with Gasteiger partial charge in [-0.1, -0.05) is 152 Å². The van der Waals surface area contributed by atoms with Crippen molar-refractivity contribution < 1.29 is 21.1 Å². The predicted molar refractivity (Wildman–Crippen MR) is 271 cm³/mol. The van der Waals surface area contributed by atoms with Crippen LogP contribution in [0.5, 0.6) is 0 Å². The molecule has 0 fully saturated rings. The molecule has 0 saturated heterocycles. The van der Waals surface area contributed by atoms with E-state index in [-0.39, 0.29) is 37.3 Å². The minimum Gasteiger partial charge on any atom is -0.493 e. The van der Waals surface area contributed by atoms with E-state index in [0.29, 0.717) is 0 Å². The standard InChI is InChI=1S/C59H55N6.Pt/c1-57(2,3)40-18-17-21-44(32-40)62-39-63(54-25-16-15-24-53(54)62)46-33-42(59(7,8)9)34-47(36-46)64(43-19-11-10-12-20-43)45-26-27-50-48-22-13-14-23-49(48)51-38-60-30-29-52(51)65(55(50)37-45)56-35-41(28-31-61-56)58(4,5)6;/h10-35,38-39H,1-9H3;/q-3;. The quantitative estimate of drug-likeness (QED) is 0.155. The molecule has 8 aromatic rings. The molecule has 2 aromatic heterocycles. The van der Waals surface area contributed by atoms with Gasteiger partial charge in [-0.15, -0.1) is 53.8 Å². The van der Waals surface area contributed by atoms with Crippen LogP contribution in [0, 0.1) is 18.8 Å². The molecule has 0 atom stereocenters. The molecule has 0 unspecified atom stereocenters. The largest absolute Gasteiger partial charge is 0.493 e. The monoisotopic (exact) mass is 1040 g/mol. The number of benzene rings is 6. The average Bonchev–Trinajstić information content (AvgIpc) is 3.64. The maximum absolute atomic E-state index is 5.08. The summed E-state index contributed by atoms with van der Waals surface area (Å²) in [6, 6.07) is 60.3. The minimum absolute atomic E-state index is 0. The van der Waals surface area contributed by atoms with Crippen molar-refractivity contribution in [3.8, 4) is 22.3 Å². The van der Waals surface area contributed by atoms with E-state index in [1.165, 1.54) is 16.7 Å². The van der Waals surface area contributed by atoms with Crippen LogP contribution in [0.2, 0.25) is 0 Å². The summed E-state index contributed by atoms with van der Waals surface area (Å²) in [6.07, 6.45) is 5.78. The zero-order valence-corrected chi connectivity index (χ0v) is 41.4. The maximum Gasteiger partial charge on any atom is 0.135 e. The molecule has 6 nitrogen and oxygen atoms in total. The van der Waals surface area contributed by atoms with E-state index in [0.717, 1.165) is 79.3 Å². The van der Waals surface area contributed by atoms with Gasteiger partial charge in [0.15, 0.2) is 0 Å².